The first-order valence-electron chi connectivity index (χ1n) is 10.7. The van der Waals surface area contributed by atoms with Gasteiger partial charge in [-0.15, -0.1) is 0 Å². The summed E-state index contributed by atoms with van der Waals surface area (Å²) in [4.78, 5) is 30.8. The predicted octanol–water partition coefficient (Wildman–Crippen LogP) is 4.72. The molecule has 6 heteroatoms. The number of furan rings is 1. The number of carbonyl (C=O) groups excluding carboxylic acids is 2. The van der Waals surface area contributed by atoms with Crippen LogP contribution in [-0.2, 0) is 22.6 Å². The number of amides is 2. The molecule has 0 saturated heterocycles. The van der Waals surface area contributed by atoms with Crippen LogP contribution in [0.15, 0.2) is 47.0 Å². The lowest BCUT2D eigenvalue weighted by Crippen LogP contribution is -2.30. The number of aromatic nitrogens is 1. The zero-order valence-corrected chi connectivity index (χ0v) is 18.1. The van der Waals surface area contributed by atoms with Crippen LogP contribution in [0.25, 0.3) is 17.0 Å². The van der Waals surface area contributed by atoms with E-state index in [9.17, 15) is 9.59 Å². The van der Waals surface area contributed by atoms with Crippen LogP contribution in [0.5, 0.6) is 0 Å². The lowest BCUT2D eigenvalue weighted by Gasteiger charge is -2.23. The Balaban J connectivity index is 1.44. The number of hydrogen-bond donors (Lipinski definition) is 1. The number of pyridine rings is 1. The molecular formula is C25H27N3O3. The van der Waals surface area contributed by atoms with Gasteiger partial charge in [-0.2, -0.15) is 0 Å². The van der Waals surface area contributed by atoms with Crippen molar-refractivity contribution < 1.29 is 14.0 Å². The lowest BCUT2D eigenvalue weighted by atomic mass is 9.91. The van der Waals surface area contributed by atoms with Gasteiger partial charge >= 0.3 is 0 Å². The standard InChI is InChI=1S/C25H27N3O3/c1-4-7-18-13-19-12-17(14-26-24(19)27-25(18)30)10-11-23(29)28(3)15-22-16(2)20-8-5-6-9-21(20)31-22/h5-6,8-12,14,18H,4,7,13,15H2,1-3H3,(H,26,27,30)/b11-10+. The highest BCUT2D eigenvalue weighted by Crippen LogP contribution is 2.28. The van der Waals surface area contributed by atoms with Gasteiger partial charge in [0.15, 0.2) is 0 Å². The largest absolute Gasteiger partial charge is 0.459 e. The summed E-state index contributed by atoms with van der Waals surface area (Å²) in [6.45, 7) is 4.49. The van der Waals surface area contributed by atoms with Gasteiger partial charge < -0.3 is 14.6 Å². The van der Waals surface area contributed by atoms with Crippen molar-refractivity contribution in [3.63, 3.8) is 0 Å². The second-order valence-corrected chi connectivity index (χ2v) is 8.13. The van der Waals surface area contributed by atoms with Crippen LogP contribution in [0.4, 0.5) is 5.82 Å². The van der Waals surface area contributed by atoms with E-state index >= 15 is 0 Å². The van der Waals surface area contributed by atoms with Crippen LogP contribution >= 0.6 is 0 Å². The van der Waals surface area contributed by atoms with E-state index in [1.54, 1.807) is 30.3 Å². The molecular weight excluding hydrogens is 390 g/mol. The minimum absolute atomic E-state index is 0.0154. The first-order valence-corrected chi connectivity index (χ1v) is 10.7. The zero-order valence-electron chi connectivity index (χ0n) is 18.1. The van der Waals surface area contributed by atoms with Crippen molar-refractivity contribution in [2.75, 3.05) is 12.4 Å². The number of likely N-dealkylation sites (N-methyl/N-ethyl adjacent to an activating group) is 1. The fourth-order valence-corrected chi connectivity index (χ4v) is 4.01. The summed E-state index contributed by atoms with van der Waals surface area (Å²) >= 11 is 0. The van der Waals surface area contributed by atoms with E-state index in [1.165, 1.54) is 0 Å². The summed E-state index contributed by atoms with van der Waals surface area (Å²) in [7, 11) is 1.76. The molecule has 2 aromatic heterocycles. The number of nitrogens with one attached hydrogen (secondary N) is 1. The Kier molecular flexibility index (Phi) is 5.89. The number of hydrogen-bond acceptors (Lipinski definition) is 4. The van der Waals surface area contributed by atoms with Gasteiger partial charge in [0, 0.05) is 36.2 Å². The van der Waals surface area contributed by atoms with Crippen LogP contribution in [0.2, 0.25) is 0 Å². The maximum atomic E-state index is 12.6. The predicted molar refractivity (Wildman–Crippen MR) is 121 cm³/mol. The van der Waals surface area contributed by atoms with Gasteiger partial charge in [0.05, 0.1) is 6.54 Å². The van der Waals surface area contributed by atoms with Crippen molar-refractivity contribution >= 4 is 34.7 Å². The Morgan fingerprint density at radius 2 is 2.16 bits per heavy atom. The van der Waals surface area contributed by atoms with Crippen molar-refractivity contribution in [2.45, 2.75) is 39.7 Å². The number of nitrogens with zero attached hydrogens (tertiary/aromatic N) is 2. The van der Waals surface area contributed by atoms with Gasteiger partial charge in [0.1, 0.15) is 17.2 Å². The molecule has 0 aliphatic carbocycles. The summed E-state index contributed by atoms with van der Waals surface area (Å²) in [6.07, 6.45) is 7.49. The molecule has 0 fully saturated rings. The highest BCUT2D eigenvalue weighted by molar-refractivity contribution is 5.95. The van der Waals surface area contributed by atoms with Gasteiger partial charge in [-0.3, -0.25) is 9.59 Å². The summed E-state index contributed by atoms with van der Waals surface area (Å²) < 4.78 is 5.92. The number of carbonyl (C=O) groups is 2. The molecule has 0 saturated carbocycles. The molecule has 0 radical (unpaired) electrons. The molecule has 4 rings (SSSR count). The van der Waals surface area contributed by atoms with Crippen molar-refractivity contribution in [3.05, 3.63) is 65.1 Å². The fraction of sp³-hybridized carbons (Fsp3) is 0.320. The fourth-order valence-electron chi connectivity index (χ4n) is 4.01. The van der Waals surface area contributed by atoms with Gasteiger partial charge in [-0.05, 0) is 49.1 Å². The molecule has 160 valence electrons. The van der Waals surface area contributed by atoms with E-state index in [1.807, 2.05) is 37.3 Å². The third kappa shape index (κ3) is 4.38. The minimum atomic E-state index is -0.116. The number of benzene rings is 1. The number of anilines is 1. The van der Waals surface area contributed by atoms with Gasteiger partial charge in [-0.25, -0.2) is 4.98 Å². The van der Waals surface area contributed by atoms with Crippen molar-refractivity contribution in [3.8, 4) is 0 Å². The first-order chi connectivity index (χ1) is 15.0. The maximum absolute atomic E-state index is 12.6. The van der Waals surface area contributed by atoms with Crippen molar-refractivity contribution in [2.24, 2.45) is 5.92 Å². The molecule has 1 aromatic carbocycles. The Hall–Kier alpha value is -3.41. The molecule has 6 nitrogen and oxygen atoms in total. The summed E-state index contributed by atoms with van der Waals surface area (Å²) in [5, 5.41) is 3.96. The first kappa shape index (κ1) is 20.8. The van der Waals surface area contributed by atoms with Crippen LogP contribution < -0.4 is 5.32 Å². The van der Waals surface area contributed by atoms with Crippen LogP contribution in [-0.4, -0.2) is 28.7 Å². The molecule has 3 aromatic rings. The zero-order chi connectivity index (χ0) is 22.0. The average molecular weight is 418 g/mol. The topological polar surface area (TPSA) is 75.4 Å². The van der Waals surface area contributed by atoms with E-state index in [0.29, 0.717) is 18.8 Å². The third-order valence-corrected chi connectivity index (χ3v) is 5.82. The number of para-hydroxylation sites is 1. The van der Waals surface area contributed by atoms with Crippen molar-refractivity contribution in [1.82, 2.24) is 9.88 Å². The second kappa shape index (κ2) is 8.76. The molecule has 0 bridgehead atoms. The van der Waals surface area contributed by atoms with Crippen LogP contribution in [0.3, 0.4) is 0 Å². The summed E-state index contributed by atoms with van der Waals surface area (Å²) in [6, 6.07) is 9.88. The number of fused-ring (bicyclic) bond motifs is 2. The average Bonchev–Trinajstić information content (AvgIpc) is 3.08. The summed E-state index contributed by atoms with van der Waals surface area (Å²) in [5.74, 6) is 1.33. The van der Waals surface area contributed by atoms with E-state index in [0.717, 1.165) is 46.3 Å². The highest BCUT2D eigenvalue weighted by Gasteiger charge is 2.26. The van der Waals surface area contributed by atoms with E-state index < -0.39 is 0 Å². The number of aryl methyl sites for hydroxylation is 1. The Bertz CT molecular complexity index is 1160. The molecule has 1 unspecified atom stereocenters. The van der Waals surface area contributed by atoms with Crippen LogP contribution in [0, 0.1) is 12.8 Å². The normalized spacial score (nSPS) is 15.8. The molecule has 31 heavy (non-hydrogen) atoms. The van der Waals surface area contributed by atoms with Gasteiger partial charge in [0.2, 0.25) is 11.8 Å². The van der Waals surface area contributed by atoms with Crippen molar-refractivity contribution in [1.29, 1.82) is 0 Å². The molecule has 2 amide bonds. The SMILES string of the molecule is CCCC1Cc2cc(/C=C/C(=O)N(C)Cc3oc4ccccc4c3C)cnc2NC1=O. The quantitative estimate of drug-likeness (QED) is 0.589. The second-order valence-electron chi connectivity index (χ2n) is 8.13. The third-order valence-electron chi connectivity index (χ3n) is 5.82. The Morgan fingerprint density at radius 3 is 2.94 bits per heavy atom. The monoisotopic (exact) mass is 417 g/mol. The molecule has 1 N–H and O–H groups in total. The number of rotatable bonds is 6. The molecule has 0 spiro atoms. The smallest absolute Gasteiger partial charge is 0.246 e. The lowest BCUT2D eigenvalue weighted by molar-refractivity contribution is -0.125. The van der Waals surface area contributed by atoms with E-state index in [4.69, 9.17) is 4.42 Å². The molecule has 1 atom stereocenters. The molecule has 3 heterocycles. The molecule has 1 aliphatic rings. The van der Waals surface area contributed by atoms with Gasteiger partial charge in [-0.1, -0.05) is 31.5 Å². The van der Waals surface area contributed by atoms with E-state index in [2.05, 4.69) is 17.2 Å². The van der Waals surface area contributed by atoms with Gasteiger partial charge in [0.25, 0.3) is 0 Å². The van der Waals surface area contributed by atoms with E-state index in [-0.39, 0.29) is 17.7 Å². The molecule has 1 aliphatic heterocycles. The minimum Gasteiger partial charge on any atom is -0.459 e. The summed E-state index contributed by atoms with van der Waals surface area (Å²) in [5.41, 5.74) is 3.74. The Labute approximate surface area is 182 Å². The highest BCUT2D eigenvalue weighted by atomic mass is 16.3. The van der Waals surface area contributed by atoms with Crippen LogP contribution in [0.1, 0.15) is 42.2 Å². The Morgan fingerprint density at radius 1 is 1.35 bits per heavy atom. The maximum Gasteiger partial charge on any atom is 0.246 e.